The predicted octanol–water partition coefficient (Wildman–Crippen LogP) is 2.61. The summed E-state index contributed by atoms with van der Waals surface area (Å²) in [6.07, 6.45) is 4.07. The maximum absolute atomic E-state index is 12.0. The molecular weight excluding hydrogens is 344 g/mol. The van der Waals surface area contributed by atoms with Gasteiger partial charge >= 0.3 is 0 Å². The first-order valence-corrected chi connectivity index (χ1v) is 9.48. The van der Waals surface area contributed by atoms with Gasteiger partial charge in [-0.3, -0.25) is 9.48 Å². The summed E-state index contributed by atoms with van der Waals surface area (Å²) in [6.45, 7) is 6.81. The number of hydrogen-bond acceptors (Lipinski definition) is 5. The van der Waals surface area contributed by atoms with Crippen LogP contribution in [-0.4, -0.2) is 31.5 Å². The molecule has 0 radical (unpaired) electrons. The van der Waals surface area contributed by atoms with Gasteiger partial charge < -0.3 is 15.2 Å². The molecule has 0 saturated carbocycles. The van der Waals surface area contributed by atoms with Gasteiger partial charge in [0.05, 0.1) is 12.8 Å². The number of aliphatic hydroxyl groups excluding tert-OH is 1. The molecule has 1 aliphatic rings. The second kappa shape index (κ2) is 8.08. The Kier molecular flexibility index (Phi) is 5.79. The molecule has 1 aromatic heterocycles. The number of benzene rings is 1. The minimum atomic E-state index is -0.188. The Morgan fingerprint density at radius 1 is 1.37 bits per heavy atom. The topological polar surface area (TPSA) is 89.3 Å². The monoisotopic (exact) mass is 372 g/mol. The summed E-state index contributed by atoms with van der Waals surface area (Å²) in [5, 5.41) is 20.6. The summed E-state index contributed by atoms with van der Waals surface area (Å²) >= 11 is 0. The summed E-state index contributed by atoms with van der Waals surface area (Å²) < 4.78 is 7.81. The predicted molar refractivity (Wildman–Crippen MR) is 101 cm³/mol. The molecule has 2 atom stereocenters. The van der Waals surface area contributed by atoms with Crippen molar-refractivity contribution in [3.63, 3.8) is 0 Å². The number of carbonyl (C=O) groups is 1. The highest BCUT2D eigenvalue weighted by Gasteiger charge is 2.36. The van der Waals surface area contributed by atoms with E-state index in [9.17, 15) is 4.79 Å². The van der Waals surface area contributed by atoms with Crippen LogP contribution in [0.4, 0.5) is 0 Å². The van der Waals surface area contributed by atoms with Crippen molar-refractivity contribution in [2.24, 2.45) is 5.92 Å². The number of rotatable bonds is 8. The Bertz CT molecular complexity index is 770. The fraction of sp³-hybridized carbons (Fsp3) is 0.550. The van der Waals surface area contributed by atoms with E-state index in [4.69, 9.17) is 9.84 Å². The van der Waals surface area contributed by atoms with Crippen LogP contribution in [0.25, 0.3) is 0 Å². The van der Waals surface area contributed by atoms with E-state index < -0.39 is 0 Å². The lowest BCUT2D eigenvalue weighted by Crippen LogP contribution is -2.34. The number of amides is 1. The molecule has 7 nitrogen and oxygen atoms in total. The number of hydrogen-bond donors (Lipinski definition) is 2. The van der Waals surface area contributed by atoms with E-state index in [-0.39, 0.29) is 30.1 Å². The maximum atomic E-state index is 12.0. The van der Waals surface area contributed by atoms with Crippen LogP contribution in [0.2, 0.25) is 0 Å². The molecular formula is C20H28N4O3. The van der Waals surface area contributed by atoms with E-state index in [0.717, 1.165) is 36.3 Å². The van der Waals surface area contributed by atoms with E-state index in [2.05, 4.69) is 29.5 Å². The molecule has 7 heteroatoms. The van der Waals surface area contributed by atoms with Crippen LogP contribution < -0.4 is 10.1 Å². The number of ether oxygens (including phenoxy) is 1. The van der Waals surface area contributed by atoms with Gasteiger partial charge in [-0.05, 0) is 50.8 Å². The quantitative estimate of drug-likeness (QED) is 0.743. The normalized spacial score (nSPS) is 19.7. The van der Waals surface area contributed by atoms with Gasteiger partial charge in [-0.25, -0.2) is 0 Å². The number of aliphatic hydroxyl groups is 1. The zero-order valence-corrected chi connectivity index (χ0v) is 16.2. The van der Waals surface area contributed by atoms with Gasteiger partial charge in [0.15, 0.2) is 0 Å². The SMILES string of the molecule is CCC(Oc1ccc(CO)cc1)c1cn(CCC2CC(C)(C)NC2=O)nn1. The Labute approximate surface area is 159 Å². The van der Waals surface area contributed by atoms with Crippen molar-refractivity contribution in [2.75, 3.05) is 0 Å². The Morgan fingerprint density at radius 3 is 2.70 bits per heavy atom. The smallest absolute Gasteiger partial charge is 0.223 e. The second-order valence-electron chi connectivity index (χ2n) is 7.79. The van der Waals surface area contributed by atoms with Crippen LogP contribution in [0.1, 0.15) is 57.4 Å². The standard InChI is InChI=1S/C20H28N4O3/c1-4-18(27-16-7-5-14(13-25)6-8-16)17-12-24(23-22-17)10-9-15-11-20(2,3)21-19(15)26/h5-8,12,15,18,25H,4,9-11,13H2,1-3H3,(H,21,26). The molecule has 1 saturated heterocycles. The van der Waals surface area contributed by atoms with E-state index >= 15 is 0 Å². The third-order valence-electron chi connectivity index (χ3n) is 4.94. The first kappa shape index (κ1) is 19.4. The molecule has 0 bridgehead atoms. The van der Waals surface area contributed by atoms with Crippen molar-refractivity contribution in [2.45, 2.75) is 64.8 Å². The molecule has 2 heterocycles. The lowest BCUT2D eigenvalue weighted by molar-refractivity contribution is -0.123. The van der Waals surface area contributed by atoms with Crippen molar-refractivity contribution < 1.29 is 14.6 Å². The average Bonchev–Trinajstić information content (AvgIpc) is 3.21. The minimum Gasteiger partial charge on any atom is -0.484 e. The molecule has 146 valence electrons. The molecule has 1 amide bonds. The number of nitrogens with zero attached hydrogens (tertiary/aromatic N) is 3. The first-order chi connectivity index (χ1) is 12.9. The van der Waals surface area contributed by atoms with Gasteiger partial charge in [0, 0.05) is 18.0 Å². The van der Waals surface area contributed by atoms with Crippen molar-refractivity contribution in [1.82, 2.24) is 20.3 Å². The van der Waals surface area contributed by atoms with E-state index in [0.29, 0.717) is 6.54 Å². The van der Waals surface area contributed by atoms with Crippen LogP contribution in [0, 0.1) is 5.92 Å². The van der Waals surface area contributed by atoms with Crippen molar-refractivity contribution >= 4 is 5.91 Å². The minimum absolute atomic E-state index is 0.0159. The number of aromatic nitrogens is 3. The second-order valence-corrected chi connectivity index (χ2v) is 7.79. The molecule has 2 N–H and O–H groups in total. The van der Waals surface area contributed by atoms with Crippen LogP contribution >= 0.6 is 0 Å². The first-order valence-electron chi connectivity index (χ1n) is 9.48. The summed E-state index contributed by atoms with van der Waals surface area (Å²) in [6, 6.07) is 7.37. The van der Waals surface area contributed by atoms with Crippen LogP contribution in [0.5, 0.6) is 5.75 Å². The largest absolute Gasteiger partial charge is 0.484 e. The number of carbonyl (C=O) groups excluding carboxylic acids is 1. The maximum Gasteiger partial charge on any atom is 0.223 e. The van der Waals surface area contributed by atoms with E-state index in [1.165, 1.54) is 0 Å². The zero-order chi connectivity index (χ0) is 19.4. The van der Waals surface area contributed by atoms with Crippen molar-refractivity contribution in [1.29, 1.82) is 0 Å². The third-order valence-corrected chi connectivity index (χ3v) is 4.94. The number of nitrogens with one attached hydrogen (secondary N) is 1. The molecule has 0 aliphatic carbocycles. The van der Waals surface area contributed by atoms with Gasteiger partial charge in [0.1, 0.15) is 17.5 Å². The molecule has 1 fully saturated rings. The van der Waals surface area contributed by atoms with Crippen molar-refractivity contribution in [3.8, 4) is 5.75 Å². The summed E-state index contributed by atoms with van der Waals surface area (Å²) in [5.74, 6) is 0.885. The lowest BCUT2D eigenvalue weighted by Gasteiger charge is -2.16. The molecule has 1 aliphatic heterocycles. The van der Waals surface area contributed by atoms with E-state index in [1.54, 1.807) is 4.68 Å². The van der Waals surface area contributed by atoms with Gasteiger partial charge in [-0.1, -0.05) is 24.3 Å². The molecule has 27 heavy (non-hydrogen) atoms. The lowest BCUT2D eigenvalue weighted by atomic mass is 9.94. The molecule has 0 spiro atoms. The fourth-order valence-electron chi connectivity index (χ4n) is 3.48. The van der Waals surface area contributed by atoms with Crippen molar-refractivity contribution in [3.05, 3.63) is 41.7 Å². The fourth-order valence-corrected chi connectivity index (χ4v) is 3.48. The van der Waals surface area contributed by atoms with Gasteiger partial charge in [-0.15, -0.1) is 5.10 Å². The van der Waals surface area contributed by atoms with Crippen LogP contribution in [0.15, 0.2) is 30.5 Å². The Morgan fingerprint density at radius 2 is 2.11 bits per heavy atom. The Hall–Kier alpha value is -2.41. The van der Waals surface area contributed by atoms with E-state index in [1.807, 2.05) is 37.4 Å². The van der Waals surface area contributed by atoms with Gasteiger partial charge in [0.25, 0.3) is 0 Å². The molecule has 3 rings (SSSR count). The van der Waals surface area contributed by atoms with Gasteiger partial charge in [-0.2, -0.15) is 0 Å². The molecule has 1 aromatic carbocycles. The highest BCUT2D eigenvalue weighted by molar-refractivity contribution is 5.81. The Balaban J connectivity index is 1.58. The summed E-state index contributed by atoms with van der Waals surface area (Å²) in [7, 11) is 0. The molecule has 2 aromatic rings. The average molecular weight is 372 g/mol. The van der Waals surface area contributed by atoms with Crippen LogP contribution in [-0.2, 0) is 17.9 Å². The molecule has 2 unspecified atom stereocenters. The zero-order valence-electron chi connectivity index (χ0n) is 16.2. The highest BCUT2D eigenvalue weighted by Crippen LogP contribution is 2.27. The summed E-state index contributed by atoms with van der Waals surface area (Å²) in [5.41, 5.74) is 1.50. The highest BCUT2D eigenvalue weighted by atomic mass is 16.5. The van der Waals surface area contributed by atoms with Crippen LogP contribution in [0.3, 0.4) is 0 Å². The van der Waals surface area contributed by atoms with Gasteiger partial charge in [0.2, 0.25) is 5.91 Å². The number of aryl methyl sites for hydroxylation is 1. The summed E-state index contributed by atoms with van der Waals surface area (Å²) in [4.78, 5) is 12.0. The third kappa shape index (κ3) is 4.86.